The number of morpholine rings is 1. The first-order chi connectivity index (χ1) is 9.19. The zero-order valence-corrected chi connectivity index (χ0v) is 10.8. The fraction of sp³-hybridized carbons (Fsp3) is 0.500. The van der Waals surface area contributed by atoms with Gasteiger partial charge in [0.05, 0.1) is 19.8 Å². The zero-order valence-electron chi connectivity index (χ0n) is 10.8. The van der Waals surface area contributed by atoms with Crippen molar-refractivity contribution in [2.75, 3.05) is 13.7 Å². The Morgan fingerprint density at radius 1 is 1.53 bits per heavy atom. The van der Waals surface area contributed by atoms with Gasteiger partial charge < -0.3 is 14.6 Å². The number of carboxylic acids is 1. The lowest BCUT2D eigenvalue weighted by atomic mass is 9.84. The van der Waals surface area contributed by atoms with Gasteiger partial charge >= 0.3 is 5.97 Å². The Bertz CT molecular complexity index is 502. The third-order valence-electron chi connectivity index (χ3n) is 3.90. The van der Waals surface area contributed by atoms with Crippen molar-refractivity contribution in [1.29, 1.82) is 0 Å². The summed E-state index contributed by atoms with van der Waals surface area (Å²) in [6.45, 7) is 0.210. The first kappa shape index (κ1) is 12.4. The lowest BCUT2D eigenvalue weighted by Gasteiger charge is -2.40. The minimum absolute atomic E-state index is 0.0507. The molecule has 1 aromatic carbocycles. The van der Waals surface area contributed by atoms with Crippen LogP contribution in [-0.4, -0.2) is 36.9 Å². The SMILES string of the molecule is COc1ccc2c(c1)CCC1NC(C(=O)O)COC21. The van der Waals surface area contributed by atoms with Crippen LogP contribution in [0.5, 0.6) is 5.75 Å². The van der Waals surface area contributed by atoms with Gasteiger partial charge in [0.1, 0.15) is 11.8 Å². The van der Waals surface area contributed by atoms with Crippen LogP contribution in [0.25, 0.3) is 0 Å². The first-order valence-electron chi connectivity index (χ1n) is 6.46. The van der Waals surface area contributed by atoms with Crippen LogP contribution in [0.3, 0.4) is 0 Å². The molecule has 0 saturated carbocycles. The summed E-state index contributed by atoms with van der Waals surface area (Å²) in [5.74, 6) is 0.00311. The third kappa shape index (κ3) is 2.19. The second-order valence-corrected chi connectivity index (χ2v) is 5.02. The largest absolute Gasteiger partial charge is 0.497 e. The molecule has 3 atom stereocenters. The molecule has 0 bridgehead atoms. The van der Waals surface area contributed by atoms with E-state index >= 15 is 0 Å². The molecule has 2 aliphatic rings. The average molecular weight is 263 g/mol. The van der Waals surface area contributed by atoms with Crippen molar-refractivity contribution < 1.29 is 19.4 Å². The van der Waals surface area contributed by atoms with Crippen LogP contribution in [0.4, 0.5) is 0 Å². The second-order valence-electron chi connectivity index (χ2n) is 5.02. The van der Waals surface area contributed by atoms with E-state index in [9.17, 15) is 4.79 Å². The second kappa shape index (κ2) is 4.83. The lowest BCUT2D eigenvalue weighted by molar-refractivity contribution is -0.146. The van der Waals surface area contributed by atoms with Gasteiger partial charge in [0.25, 0.3) is 0 Å². The number of aliphatic carboxylic acids is 1. The average Bonchev–Trinajstić information content (AvgIpc) is 2.45. The summed E-state index contributed by atoms with van der Waals surface area (Å²) < 4.78 is 11.0. The van der Waals surface area contributed by atoms with E-state index in [4.69, 9.17) is 14.6 Å². The monoisotopic (exact) mass is 263 g/mol. The van der Waals surface area contributed by atoms with Crippen LogP contribution in [-0.2, 0) is 16.0 Å². The van der Waals surface area contributed by atoms with Crippen LogP contribution in [0.2, 0.25) is 0 Å². The molecule has 0 spiro atoms. The van der Waals surface area contributed by atoms with Crippen LogP contribution in [0.15, 0.2) is 18.2 Å². The van der Waals surface area contributed by atoms with Gasteiger partial charge in [-0.3, -0.25) is 10.1 Å². The Morgan fingerprint density at radius 2 is 2.37 bits per heavy atom. The minimum atomic E-state index is -0.848. The summed E-state index contributed by atoms with van der Waals surface area (Å²) in [5.41, 5.74) is 2.38. The van der Waals surface area contributed by atoms with E-state index in [1.54, 1.807) is 7.11 Å². The molecule has 1 aliphatic heterocycles. The Hall–Kier alpha value is -1.59. The Balaban J connectivity index is 1.85. The number of nitrogens with one attached hydrogen (secondary N) is 1. The van der Waals surface area contributed by atoms with Gasteiger partial charge in [-0.2, -0.15) is 0 Å². The molecule has 5 nitrogen and oxygen atoms in total. The lowest BCUT2D eigenvalue weighted by Crippen LogP contribution is -2.55. The van der Waals surface area contributed by atoms with E-state index in [0.717, 1.165) is 24.2 Å². The van der Waals surface area contributed by atoms with Crippen molar-refractivity contribution in [2.45, 2.75) is 31.0 Å². The highest BCUT2D eigenvalue weighted by Crippen LogP contribution is 2.36. The summed E-state index contributed by atoms with van der Waals surface area (Å²) in [5, 5.41) is 12.2. The summed E-state index contributed by atoms with van der Waals surface area (Å²) in [6, 6.07) is 5.47. The number of benzene rings is 1. The molecule has 1 heterocycles. The van der Waals surface area contributed by atoms with E-state index in [-0.39, 0.29) is 18.8 Å². The highest BCUT2D eigenvalue weighted by atomic mass is 16.5. The van der Waals surface area contributed by atoms with Crippen LogP contribution < -0.4 is 10.1 Å². The van der Waals surface area contributed by atoms with Gasteiger partial charge in [0.15, 0.2) is 0 Å². The smallest absolute Gasteiger partial charge is 0.323 e. The van der Waals surface area contributed by atoms with E-state index < -0.39 is 12.0 Å². The number of methoxy groups -OCH3 is 1. The van der Waals surface area contributed by atoms with Crippen molar-refractivity contribution >= 4 is 5.97 Å². The fourth-order valence-electron chi connectivity index (χ4n) is 2.91. The molecule has 19 heavy (non-hydrogen) atoms. The maximum atomic E-state index is 11.0. The van der Waals surface area contributed by atoms with Gasteiger partial charge in [-0.25, -0.2) is 0 Å². The molecular formula is C14H17NO4. The minimum Gasteiger partial charge on any atom is -0.497 e. The Labute approximate surface area is 111 Å². The number of aryl methyl sites for hydroxylation is 1. The predicted octanol–water partition coefficient (Wildman–Crippen LogP) is 1.12. The molecule has 3 rings (SSSR count). The fourth-order valence-corrected chi connectivity index (χ4v) is 2.91. The molecule has 0 radical (unpaired) electrons. The predicted molar refractivity (Wildman–Crippen MR) is 68.4 cm³/mol. The molecule has 0 aromatic heterocycles. The number of ether oxygens (including phenoxy) is 2. The Morgan fingerprint density at radius 3 is 3.11 bits per heavy atom. The molecule has 102 valence electrons. The van der Waals surface area contributed by atoms with Gasteiger partial charge in [0.2, 0.25) is 0 Å². The third-order valence-corrected chi connectivity index (χ3v) is 3.90. The summed E-state index contributed by atoms with van der Waals surface area (Å²) >= 11 is 0. The molecule has 1 fully saturated rings. The zero-order chi connectivity index (χ0) is 13.4. The van der Waals surface area contributed by atoms with E-state index in [1.807, 2.05) is 18.2 Å². The molecule has 1 saturated heterocycles. The number of hydrogen-bond acceptors (Lipinski definition) is 4. The molecule has 0 amide bonds. The van der Waals surface area contributed by atoms with Crippen molar-refractivity contribution in [2.24, 2.45) is 0 Å². The van der Waals surface area contributed by atoms with Gasteiger partial charge in [0, 0.05) is 6.04 Å². The molecular weight excluding hydrogens is 246 g/mol. The van der Waals surface area contributed by atoms with Gasteiger partial charge in [-0.05, 0) is 36.1 Å². The number of hydrogen-bond donors (Lipinski definition) is 2. The van der Waals surface area contributed by atoms with Crippen molar-refractivity contribution in [3.05, 3.63) is 29.3 Å². The van der Waals surface area contributed by atoms with Crippen molar-refractivity contribution in [3.63, 3.8) is 0 Å². The molecule has 1 aliphatic carbocycles. The van der Waals surface area contributed by atoms with E-state index in [2.05, 4.69) is 5.32 Å². The van der Waals surface area contributed by atoms with Crippen LogP contribution in [0.1, 0.15) is 23.7 Å². The molecule has 5 heteroatoms. The number of carboxylic acid groups (broad SMARTS) is 1. The van der Waals surface area contributed by atoms with Crippen molar-refractivity contribution in [3.8, 4) is 5.75 Å². The summed E-state index contributed by atoms with van der Waals surface area (Å²) in [6.07, 6.45) is 1.75. The van der Waals surface area contributed by atoms with E-state index in [1.165, 1.54) is 5.56 Å². The highest BCUT2D eigenvalue weighted by molar-refractivity contribution is 5.73. The molecule has 1 aromatic rings. The molecule has 3 unspecified atom stereocenters. The summed E-state index contributed by atoms with van der Waals surface area (Å²) in [4.78, 5) is 11.0. The van der Waals surface area contributed by atoms with Gasteiger partial charge in [-0.15, -0.1) is 0 Å². The maximum absolute atomic E-state index is 11.0. The number of carbonyl (C=O) groups is 1. The summed E-state index contributed by atoms with van der Waals surface area (Å²) in [7, 11) is 1.66. The quantitative estimate of drug-likeness (QED) is 0.837. The van der Waals surface area contributed by atoms with Crippen LogP contribution in [0, 0.1) is 0 Å². The standard InChI is InChI=1S/C14H17NO4/c1-18-9-3-4-10-8(6-9)2-5-11-13(10)19-7-12(15-11)14(16)17/h3-4,6,11-13,15H,2,5,7H2,1H3,(H,16,17). The maximum Gasteiger partial charge on any atom is 0.323 e. The first-order valence-corrected chi connectivity index (χ1v) is 6.46. The van der Waals surface area contributed by atoms with Crippen LogP contribution >= 0.6 is 0 Å². The highest BCUT2D eigenvalue weighted by Gasteiger charge is 2.38. The number of rotatable bonds is 2. The Kier molecular flexibility index (Phi) is 3.16. The molecule has 2 N–H and O–H groups in total. The normalized spacial score (nSPS) is 29.2. The van der Waals surface area contributed by atoms with Crippen molar-refractivity contribution in [1.82, 2.24) is 5.32 Å². The van der Waals surface area contributed by atoms with E-state index in [0.29, 0.717) is 0 Å². The number of fused-ring (bicyclic) bond motifs is 3. The topological polar surface area (TPSA) is 67.8 Å². The van der Waals surface area contributed by atoms with Gasteiger partial charge in [-0.1, -0.05) is 6.07 Å².